The molecule has 0 heterocycles. The summed E-state index contributed by atoms with van der Waals surface area (Å²) >= 11 is 0. The molecule has 0 N–H and O–H groups in total. The summed E-state index contributed by atoms with van der Waals surface area (Å²) in [6.07, 6.45) is 18.1. The van der Waals surface area contributed by atoms with Crippen molar-refractivity contribution >= 4 is 0 Å². The molecule has 0 aromatic heterocycles. The van der Waals surface area contributed by atoms with E-state index in [0.717, 1.165) is 0 Å². The number of hydrogen-bond acceptors (Lipinski definition) is 0. The van der Waals surface area contributed by atoms with E-state index < -0.39 is 0 Å². The minimum atomic E-state index is 0.216. The third-order valence-electron chi connectivity index (χ3n) is 5.47. The first-order valence-corrected chi connectivity index (χ1v) is 8.84. The van der Waals surface area contributed by atoms with Crippen LogP contribution in [0.15, 0.2) is 73.4 Å². The summed E-state index contributed by atoms with van der Waals surface area (Å²) in [6, 6.07) is 0. The molecule has 0 aliphatic heterocycles. The van der Waals surface area contributed by atoms with E-state index in [4.69, 9.17) is 0 Å². The second kappa shape index (κ2) is 8.91. The quantitative estimate of drug-likeness (QED) is 0.442. The predicted octanol–water partition coefficient (Wildman–Crippen LogP) is 7.05. The lowest BCUT2D eigenvalue weighted by molar-refractivity contribution is 0.125. The summed E-state index contributed by atoms with van der Waals surface area (Å²) in [6.45, 7) is 21.0. The predicted molar refractivity (Wildman–Crippen MR) is 105 cm³/mol. The van der Waals surface area contributed by atoms with Gasteiger partial charge in [0, 0.05) is 0 Å². The maximum absolute atomic E-state index is 4.05. The van der Waals surface area contributed by atoms with Crippen LogP contribution >= 0.6 is 0 Å². The van der Waals surface area contributed by atoms with E-state index >= 15 is 0 Å². The number of rotatable bonds is 7. The Labute approximate surface area is 144 Å². The molecule has 126 valence electrons. The zero-order chi connectivity index (χ0) is 17.5. The van der Waals surface area contributed by atoms with Crippen molar-refractivity contribution in [2.45, 2.75) is 47.0 Å². The van der Waals surface area contributed by atoms with Gasteiger partial charge in [-0.05, 0) is 60.5 Å². The normalized spacial score (nSPS) is 29.8. The van der Waals surface area contributed by atoms with Gasteiger partial charge in [0.1, 0.15) is 0 Å². The first-order valence-electron chi connectivity index (χ1n) is 8.84. The van der Waals surface area contributed by atoms with Crippen LogP contribution < -0.4 is 0 Å². The van der Waals surface area contributed by atoms with Crippen LogP contribution in [0.5, 0.6) is 0 Å². The van der Waals surface area contributed by atoms with E-state index in [1.54, 1.807) is 0 Å². The monoisotopic (exact) mass is 310 g/mol. The minimum Gasteiger partial charge on any atom is -0.0991 e. The van der Waals surface area contributed by atoms with E-state index in [9.17, 15) is 0 Å². The van der Waals surface area contributed by atoms with Gasteiger partial charge in [-0.3, -0.25) is 0 Å². The topological polar surface area (TPSA) is 0 Å². The largest absolute Gasteiger partial charge is 0.0991 e. The summed E-state index contributed by atoms with van der Waals surface area (Å²) in [5.74, 6) is 1.96. The fourth-order valence-corrected chi connectivity index (χ4v) is 4.15. The van der Waals surface area contributed by atoms with E-state index in [1.165, 1.54) is 30.4 Å². The highest BCUT2D eigenvalue weighted by Crippen LogP contribution is 2.51. The van der Waals surface area contributed by atoms with Gasteiger partial charge in [-0.25, -0.2) is 0 Å². The summed E-state index contributed by atoms with van der Waals surface area (Å²) in [4.78, 5) is 0. The molecule has 0 aromatic rings. The Bertz CT molecular complexity index is 512. The van der Waals surface area contributed by atoms with Crippen molar-refractivity contribution in [3.63, 3.8) is 0 Å². The summed E-state index contributed by atoms with van der Waals surface area (Å²) in [5, 5.41) is 0. The Kier molecular flexibility index (Phi) is 7.55. The fraction of sp³-hybridized carbons (Fsp3) is 0.478. The number of hydrogen-bond donors (Lipinski definition) is 0. The molecule has 1 fully saturated rings. The van der Waals surface area contributed by atoms with Crippen LogP contribution in [0.3, 0.4) is 0 Å². The van der Waals surface area contributed by atoms with Crippen LogP contribution in [0.25, 0.3) is 0 Å². The van der Waals surface area contributed by atoms with Crippen LogP contribution in [0.4, 0.5) is 0 Å². The SMILES string of the molecule is C=C/C=C\C(=C/C)C1(C)CCC(C(C)C)C(/C(C=C)=C/C=C)C1. The summed E-state index contributed by atoms with van der Waals surface area (Å²) < 4.78 is 0. The maximum Gasteiger partial charge on any atom is -0.00725 e. The average Bonchev–Trinajstić information content (AvgIpc) is 2.52. The molecule has 1 aliphatic carbocycles. The van der Waals surface area contributed by atoms with Gasteiger partial charge < -0.3 is 0 Å². The summed E-state index contributed by atoms with van der Waals surface area (Å²) in [7, 11) is 0. The molecule has 3 unspecified atom stereocenters. The third kappa shape index (κ3) is 4.70. The van der Waals surface area contributed by atoms with Gasteiger partial charge >= 0.3 is 0 Å². The lowest BCUT2D eigenvalue weighted by atomic mass is 9.59. The molecule has 0 nitrogen and oxygen atoms in total. The molecule has 3 atom stereocenters. The standard InChI is InChI=1S/C23H34/c1-8-12-14-20(11-4)23(7)16-15-21(18(5)6)22(17-23)19(10-3)13-9-2/h8-14,18,21-22H,1-3,15-17H2,4-7H3/b14-12-,19-13+,20-11+. The van der Waals surface area contributed by atoms with Crippen LogP contribution in [0.1, 0.15) is 47.0 Å². The fourth-order valence-electron chi connectivity index (χ4n) is 4.15. The van der Waals surface area contributed by atoms with Crippen molar-refractivity contribution in [2.24, 2.45) is 23.2 Å². The molecular weight excluding hydrogens is 276 g/mol. The zero-order valence-electron chi connectivity index (χ0n) is 15.5. The maximum atomic E-state index is 4.05. The molecule has 0 bridgehead atoms. The number of allylic oxidation sites excluding steroid dienone is 9. The molecule has 23 heavy (non-hydrogen) atoms. The average molecular weight is 311 g/mol. The highest BCUT2D eigenvalue weighted by molar-refractivity contribution is 5.32. The third-order valence-corrected chi connectivity index (χ3v) is 5.47. The molecule has 0 saturated heterocycles. The molecule has 1 saturated carbocycles. The van der Waals surface area contributed by atoms with E-state index in [2.05, 4.69) is 71.7 Å². The van der Waals surface area contributed by atoms with Gasteiger partial charge in [0.05, 0.1) is 0 Å². The smallest absolute Gasteiger partial charge is 0.00725 e. The molecule has 0 heteroatoms. The van der Waals surface area contributed by atoms with Crippen molar-refractivity contribution in [2.75, 3.05) is 0 Å². The zero-order valence-corrected chi connectivity index (χ0v) is 15.5. The van der Waals surface area contributed by atoms with E-state index in [1.807, 2.05) is 18.2 Å². The second-order valence-corrected chi connectivity index (χ2v) is 7.26. The highest BCUT2D eigenvalue weighted by Gasteiger charge is 2.40. The Balaban J connectivity index is 3.21. The van der Waals surface area contributed by atoms with Gasteiger partial charge in [-0.2, -0.15) is 0 Å². The van der Waals surface area contributed by atoms with Gasteiger partial charge in [-0.1, -0.05) is 83.0 Å². The Morgan fingerprint density at radius 2 is 1.87 bits per heavy atom. The highest BCUT2D eigenvalue weighted by atomic mass is 14.4. The van der Waals surface area contributed by atoms with Gasteiger partial charge in [0.25, 0.3) is 0 Å². The molecular formula is C23H34. The molecule has 1 rings (SSSR count). The van der Waals surface area contributed by atoms with Crippen molar-refractivity contribution in [3.8, 4) is 0 Å². The molecule has 0 spiro atoms. The van der Waals surface area contributed by atoms with Crippen LogP contribution in [-0.2, 0) is 0 Å². The molecule has 0 radical (unpaired) electrons. The lowest BCUT2D eigenvalue weighted by Gasteiger charge is -2.46. The van der Waals surface area contributed by atoms with E-state index in [0.29, 0.717) is 17.8 Å². The first kappa shape index (κ1) is 19.5. The van der Waals surface area contributed by atoms with Gasteiger partial charge in [-0.15, -0.1) is 0 Å². The molecule has 0 amide bonds. The molecule has 0 aromatic carbocycles. The Morgan fingerprint density at radius 3 is 2.35 bits per heavy atom. The van der Waals surface area contributed by atoms with Crippen molar-refractivity contribution in [1.29, 1.82) is 0 Å². The van der Waals surface area contributed by atoms with Crippen LogP contribution in [0, 0.1) is 23.2 Å². The van der Waals surface area contributed by atoms with Crippen molar-refractivity contribution in [1.82, 2.24) is 0 Å². The van der Waals surface area contributed by atoms with E-state index in [-0.39, 0.29) is 5.41 Å². The second-order valence-electron chi connectivity index (χ2n) is 7.26. The van der Waals surface area contributed by atoms with Gasteiger partial charge in [0.15, 0.2) is 0 Å². The van der Waals surface area contributed by atoms with Crippen molar-refractivity contribution in [3.05, 3.63) is 73.4 Å². The Morgan fingerprint density at radius 1 is 1.17 bits per heavy atom. The van der Waals surface area contributed by atoms with Gasteiger partial charge in [0.2, 0.25) is 0 Å². The lowest BCUT2D eigenvalue weighted by Crippen LogP contribution is -2.36. The first-order chi connectivity index (χ1) is 10.9. The van der Waals surface area contributed by atoms with Crippen molar-refractivity contribution < 1.29 is 0 Å². The molecule has 1 aliphatic rings. The Hall–Kier alpha value is -1.56. The summed E-state index contributed by atoms with van der Waals surface area (Å²) in [5.41, 5.74) is 2.98. The van der Waals surface area contributed by atoms with Crippen LogP contribution in [0.2, 0.25) is 0 Å². The minimum absolute atomic E-state index is 0.216. The van der Waals surface area contributed by atoms with Crippen LogP contribution in [-0.4, -0.2) is 0 Å².